The minimum Gasteiger partial charge on any atom is -0.497 e. The fourth-order valence-electron chi connectivity index (χ4n) is 4.73. The van der Waals surface area contributed by atoms with Gasteiger partial charge in [-0.3, -0.25) is 9.78 Å². The van der Waals surface area contributed by atoms with Gasteiger partial charge in [0.25, 0.3) is 0 Å². The topological polar surface area (TPSA) is 60.5 Å². The summed E-state index contributed by atoms with van der Waals surface area (Å²) >= 11 is 0. The number of unbranched alkanes of at least 4 members (excludes halogenated alkanes) is 1. The van der Waals surface area contributed by atoms with Gasteiger partial charge in [0.05, 0.1) is 14.2 Å². The normalized spacial score (nSPS) is 16.1. The predicted octanol–water partition coefficient (Wildman–Crippen LogP) is 5.41. The lowest BCUT2D eigenvalue weighted by Crippen LogP contribution is -2.22. The van der Waals surface area contributed by atoms with E-state index in [2.05, 4.69) is 40.6 Å². The molecular formula is C30H34N2O3. The van der Waals surface area contributed by atoms with Crippen molar-refractivity contribution in [2.24, 2.45) is 5.92 Å². The summed E-state index contributed by atoms with van der Waals surface area (Å²) in [6.45, 7) is 2.66. The molecule has 182 valence electrons. The van der Waals surface area contributed by atoms with Crippen molar-refractivity contribution in [1.29, 1.82) is 0 Å². The lowest BCUT2D eigenvalue weighted by Gasteiger charge is -2.20. The van der Waals surface area contributed by atoms with Crippen LogP contribution in [-0.4, -0.2) is 31.7 Å². The van der Waals surface area contributed by atoms with Gasteiger partial charge in [0.2, 0.25) is 5.91 Å². The third kappa shape index (κ3) is 5.91. The van der Waals surface area contributed by atoms with Crippen LogP contribution in [0.3, 0.4) is 0 Å². The highest BCUT2D eigenvalue weighted by Crippen LogP contribution is 2.60. The van der Waals surface area contributed by atoms with Crippen LogP contribution in [0.15, 0.2) is 79.0 Å². The minimum atomic E-state index is -0.193. The van der Waals surface area contributed by atoms with Crippen LogP contribution in [0.1, 0.15) is 41.6 Å². The maximum absolute atomic E-state index is 12.5. The van der Waals surface area contributed by atoms with Gasteiger partial charge in [0, 0.05) is 23.9 Å². The van der Waals surface area contributed by atoms with E-state index in [0.717, 1.165) is 42.9 Å². The van der Waals surface area contributed by atoms with E-state index in [4.69, 9.17) is 9.47 Å². The van der Waals surface area contributed by atoms with Gasteiger partial charge in [-0.25, -0.2) is 0 Å². The number of rotatable bonds is 11. The van der Waals surface area contributed by atoms with Gasteiger partial charge in [0.15, 0.2) is 0 Å². The number of amides is 1. The van der Waals surface area contributed by atoms with Crippen molar-refractivity contribution in [2.75, 3.05) is 20.8 Å². The summed E-state index contributed by atoms with van der Waals surface area (Å²) in [7, 11) is 3.37. The molecule has 1 heterocycles. The van der Waals surface area contributed by atoms with Crippen LogP contribution in [0.4, 0.5) is 0 Å². The molecule has 1 fully saturated rings. The number of hydrogen-bond acceptors (Lipinski definition) is 4. The predicted molar refractivity (Wildman–Crippen MR) is 139 cm³/mol. The molecule has 1 aliphatic rings. The molecule has 5 heteroatoms. The Morgan fingerprint density at radius 1 is 1.03 bits per heavy atom. The van der Waals surface area contributed by atoms with E-state index in [1.807, 2.05) is 49.5 Å². The van der Waals surface area contributed by atoms with E-state index >= 15 is 0 Å². The van der Waals surface area contributed by atoms with Gasteiger partial charge < -0.3 is 14.8 Å². The van der Waals surface area contributed by atoms with Gasteiger partial charge in [-0.1, -0.05) is 36.4 Å². The Labute approximate surface area is 208 Å². The van der Waals surface area contributed by atoms with Crippen molar-refractivity contribution in [3.63, 3.8) is 0 Å². The molecule has 2 aromatic carbocycles. The Balaban J connectivity index is 1.36. The molecule has 4 rings (SSSR count). The number of aryl methyl sites for hydroxylation is 2. The Morgan fingerprint density at radius 2 is 1.71 bits per heavy atom. The molecule has 0 saturated heterocycles. The molecule has 1 amide bonds. The first-order valence-corrected chi connectivity index (χ1v) is 12.2. The van der Waals surface area contributed by atoms with E-state index in [0.29, 0.717) is 6.54 Å². The van der Waals surface area contributed by atoms with Gasteiger partial charge in [0.1, 0.15) is 11.5 Å². The number of methoxy groups -OCH3 is 2. The Kier molecular flexibility index (Phi) is 7.86. The number of benzene rings is 2. The second-order valence-electron chi connectivity index (χ2n) is 9.16. The van der Waals surface area contributed by atoms with Crippen LogP contribution in [0, 0.1) is 12.8 Å². The third-order valence-electron chi connectivity index (χ3n) is 6.83. The summed E-state index contributed by atoms with van der Waals surface area (Å²) in [6, 6.07) is 20.6. The summed E-state index contributed by atoms with van der Waals surface area (Å²) in [5, 5.41) is 3.02. The number of hydrogen-bond donors (Lipinski definition) is 1. The van der Waals surface area contributed by atoms with E-state index in [9.17, 15) is 4.79 Å². The van der Waals surface area contributed by atoms with Crippen LogP contribution < -0.4 is 14.8 Å². The van der Waals surface area contributed by atoms with Crippen molar-refractivity contribution in [3.8, 4) is 11.5 Å². The number of ether oxygens (including phenoxy) is 2. The van der Waals surface area contributed by atoms with Crippen LogP contribution in [0.2, 0.25) is 0 Å². The van der Waals surface area contributed by atoms with Gasteiger partial charge in [-0.2, -0.15) is 0 Å². The van der Waals surface area contributed by atoms with Gasteiger partial charge in [-0.15, -0.1) is 0 Å². The van der Waals surface area contributed by atoms with E-state index in [-0.39, 0.29) is 17.2 Å². The summed E-state index contributed by atoms with van der Waals surface area (Å²) in [4.78, 5) is 16.8. The van der Waals surface area contributed by atoms with Gasteiger partial charge in [-0.05, 0) is 91.6 Å². The number of carbonyl (C=O) groups excluding carboxylic acids is 1. The maximum atomic E-state index is 12.5. The first-order valence-electron chi connectivity index (χ1n) is 12.2. The van der Waals surface area contributed by atoms with Crippen molar-refractivity contribution in [3.05, 3.63) is 101 Å². The zero-order chi connectivity index (χ0) is 24.7. The van der Waals surface area contributed by atoms with E-state index in [1.165, 1.54) is 16.7 Å². The van der Waals surface area contributed by atoms with Crippen molar-refractivity contribution in [2.45, 2.75) is 38.0 Å². The smallest absolute Gasteiger partial charge is 0.243 e. The summed E-state index contributed by atoms with van der Waals surface area (Å²) in [6.07, 6.45) is 9.54. The molecule has 3 aromatic rings. The number of aromatic nitrogens is 1. The van der Waals surface area contributed by atoms with E-state index in [1.54, 1.807) is 20.3 Å². The molecule has 1 N–H and O–H groups in total. The number of nitrogens with zero attached hydrogens (tertiary/aromatic N) is 1. The summed E-state index contributed by atoms with van der Waals surface area (Å²) in [5.41, 5.74) is 4.45. The number of carbonyl (C=O) groups is 1. The third-order valence-corrected chi connectivity index (χ3v) is 6.83. The molecule has 0 unspecified atom stereocenters. The molecule has 1 saturated carbocycles. The van der Waals surface area contributed by atoms with Gasteiger partial charge >= 0.3 is 0 Å². The van der Waals surface area contributed by atoms with Crippen molar-refractivity contribution < 1.29 is 14.3 Å². The molecule has 5 nitrogen and oxygen atoms in total. The SMILES string of the molecule is COc1cccc(C2(c3cccc(OC)c3)C[C@H]2/C=C/C(=O)NCCCCc2ccc(C)nc2)c1. The number of pyridine rings is 1. The average Bonchev–Trinajstić information content (AvgIpc) is 3.64. The summed E-state index contributed by atoms with van der Waals surface area (Å²) in [5.74, 6) is 1.85. The average molecular weight is 471 g/mol. The molecule has 0 bridgehead atoms. The lowest BCUT2D eigenvalue weighted by atomic mass is 9.85. The molecule has 1 aliphatic carbocycles. The van der Waals surface area contributed by atoms with Crippen molar-refractivity contribution in [1.82, 2.24) is 10.3 Å². The molecule has 1 atom stereocenters. The van der Waals surface area contributed by atoms with Crippen LogP contribution >= 0.6 is 0 Å². The lowest BCUT2D eigenvalue weighted by molar-refractivity contribution is -0.116. The van der Waals surface area contributed by atoms with Crippen LogP contribution in [0.25, 0.3) is 0 Å². The highest BCUT2D eigenvalue weighted by Gasteiger charge is 2.55. The second-order valence-corrected chi connectivity index (χ2v) is 9.16. The van der Waals surface area contributed by atoms with E-state index < -0.39 is 0 Å². The fourth-order valence-corrected chi connectivity index (χ4v) is 4.73. The van der Waals surface area contributed by atoms with Crippen LogP contribution in [-0.2, 0) is 16.6 Å². The first-order chi connectivity index (χ1) is 17.0. The number of nitrogens with one attached hydrogen (secondary N) is 1. The highest BCUT2D eigenvalue weighted by atomic mass is 16.5. The first kappa shape index (κ1) is 24.5. The molecule has 0 radical (unpaired) electrons. The molecule has 0 aliphatic heterocycles. The zero-order valence-electron chi connectivity index (χ0n) is 20.8. The second kappa shape index (κ2) is 11.2. The highest BCUT2D eigenvalue weighted by molar-refractivity contribution is 5.87. The Morgan fingerprint density at radius 3 is 2.31 bits per heavy atom. The quantitative estimate of drug-likeness (QED) is 0.301. The minimum absolute atomic E-state index is 0.0425. The number of allylic oxidation sites excluding steroid dienone is 1. The monoisotopic (exact) mass is 470 g/mol. The molecule has 0 spiro atoms. The molecule has 1 aromatic heterocycles. The molecule has 35 heavy (non-hydrogen) atoms. The maximum Gasteiger partial charge on any atom is 0.243 e. The zero-order valence-corrected chi connectivity index (χ0v) is 20.8. The van der Waals surface area contributed by atoms with Crippen LogP contribution in [0.5, 0.6) is 11.5 Å². The molecular weight excluding hydrogens is 436 g/mol. The fraction of sp³-hybridized carbons (Fsp3) is 0.333. The largest absolute Gasteiger partial charge is 0.497 e. The van der Waals surface area contributed by atoms with Crippen molar-refractivity contribution >= 4 is 5.91 Å². The standard InChI is InChI=1S/C30H34N2O3/c1-22-13-14-23(21-32-22)8-4-5-17-31-29(33)16-15-26-20-30(26,24-9-6-11-27(18-24)34-2)25-10-7-12-28(19-25)35-3/h6-7,9-16,18-19,21,26H,4-5,8,17,20H2,1-3H3,(H,31,33)/b16-15+/t26-/m1/s1. The summed E-state index contributed by atoms with van der Waals surface area (Å²) < 4.78 is 11.0. The Hall–Kier alpha value is -3.60. The Bertz CT molecular complexity index is 1120.